The fourth-order valence-electron chi connectivity index (χ4n) is 2.08. The Balaban J connectivity index is 2.03. The Morgan fingerprint density at radius 2 is 1.67 bits per heavy atom. The molecule has 0 unspecified atom stereocenters. The largest absolute Gasteiger partial charge is 0.383 e. The lowest BCUT2D eigenvalue weighted by molar-refractivity contribution is 0.0935. The number of carbonyl (C=O) groups is 2. The van der Waals surface area contributed by atoms with E-state index in [0.29, 0.717) is 35.0 Å². The van der Waals surface area contributed by atoms with Crippen molar-refractivity contribution in [1.29, 1.82) is 0 Å². The van der Waals surface area contributed by atoms with Crippen LogP contribution in [0.15, 0.2) is 42.5 Å². The van der Waals surface area contributed by atoms with Crippen molar-refractivity contribution in [2.45, 2.75) is 6.92 Å². The molecule has 0 atom stereocenters. The molecule has 5 nitrogen and oxygen atoms in total. The second kappa shape index (κ2) is 8.47. The minimum Gasteiger partial charge on any atom is -0.383 e. The van der Waals surface area contributed by atoms with E-state index in [1.807, 2.05) is 6.92 Å². The van der Waals surface area contributed by atoms with E-state index in [-0.39, 0.29) is 11.8 Å². The molecule has 24 heavy (non-hydrogen) atoms. The van der Waals surface area contributed by atoms with Gasteiger partial charge in [0.15, 0.2) is 0 Å². The predicted molar refractivity (Wildman–Crippen MR) is 94.8 cm³/mol. The number of ether oxygens (including phenoxy) is 1. The molecule has 126 valence electrons. The van der Waals surface area contributed by atoms with Crippen LogP contribution in [-0.4, -0.2) is 32.1 Å². The number of halogens is 1. The van der Waals surface area contributed by atoms with Gasteiger partial charge in [0, 0.05) is 35.5 Å². The first kappa shape index (κ1) is 18.0. The Hall–Kier alpha value is -2.37. The predicted octanol–water partition coefficient (Wildman–Crippen LogP) is 3.28. The minimum atomic E-state index is -0.258. The Labute approximate surface area is 146 Å². The molecule has 0 bridgehead atoms. The smallest absolute Gasteiger partial charge is 0.255 e. The van der Waals surface area contributed by atoms with Crippen molar-refractivity contribution in [2.75, 3.05) is 25.6 Å². The molecule has 0 aromatic heterocycles. The van der Waals surface area contributed by atoms with Gasteiger partial charge in [0.2, 0.25) is 0 Å². The van der Waals surface area contributed by atoms with Crippen LogP contribution in [0.25, 0.3) is 0 Å². The summed E-state index contributed by atoms with van der Waals surface area (Å²) in [6.45, 7) is 2.72. The monoisotopic (exact) mass is 346 g/mol. The highest BCUT2D eigenvalue weighted by Gasteiger charge is 2.11. The first-order valence-electron chi connectivity index (χ1n) is 7.46. The average Bonchev–Trinajstić information content (AvgIpc) is 2.59. The number of hydrogen-bond donors (Lipinski definition) is 2. The summed E-state index contributed by atoms with van der Waals surface area (Å²) in [5.74, 6) is -0.462. The van der Waals surface area contributed by atoms with E-state index in [0.717, 1.165) is 5.56 Å². The lowest BCUT2D eigenvalue weighted by Gasteiger charge is -2.10. The SMILES string of the molecule is COCCNC(=O)c1ccc(C(=O)Nc2cccc(Cl)c2C)cc1. The van der Waals surface area contributed by atoms with E-state index >= 15 is 0 Å². The van der Waals surface area contributed by atoms with Crippen molar-refractivity contribution < 1.29 is 14.3 Å². The van der Waals surface area contributed by atoms with Gasteiger partial charge < -0.3 is 15.4 Å². The maximum Gasteiger partial charge on any atom is 0.255 e. The molecular formula is C18H19ClN2O3. The van der Waals surface area contributed by atoms with Crippen molar-refractivity contribution in [1.82, 2.24) is 5.32 Å². The summed E-state index contributed by atoms with van der Waals surface area (Å²) in [4.78, 5) is 24.2. The molecule has 0 aliphatic heterocycles. The highest BCUT2D eigenvalue weighted by Crippen LogP contribution is 2.23. The number of benzene rings is 2. The molecule has 0 spiro atoms. The average molecular weight is 347 g/mol. The number of methoxy groups -OCH3 is 1. The third-order valence-corrected chi connectivity index (χ3v) is 3.93. The van der Waals surface area contributed by atoms with Crippen molar-refractivity contribution in [3.63, 3.8) is 0 Å². The van der Waals surface area contributed by atoms with Crippen LogP contribution in [0.4, 0.5) is 5.69 Å². The summed E-state index contributed by atoms with van der Waals surface area (Å²) < 4.78 is 4.88. The van der Waals surface area contributed by atoms with Crippen LogP contribution in [0.5, 0.6) is 0 Å². The standard InChI is InChI=1S/C18H19ClN2O3/c1-12-15(19)4-3-5-16(12)21-18(23)14-8-6-13(7-9-14)17(22)20-10-11-24-2/h3-9H,10-11H2,1-2H3,(H,20,22)(H,21,23). The zero-order valence-corrected chi connectivity index (χ0v) is 14.3. The zero-order valence-electron chi connectivity index (χ0n) is 13.6. The van der Waals surface area contributed by atoms with Gasteiger partial charge in [-0.25, -0.2) is 0 Å². The van der Waals surface area contributed by atoms with Crippen LogP contribution in [0.3, 0.4) is 0 Å². The third kappa shape index (κ3) is 4.57. The van der Waals surface area contributed by atoms with E-state index in [1.54, 1.807) is 49.6 Å². The molecule has 0 saturated carbocycles. The molecule has 0 radical (unpaired) electrons. The lowest BCUT2D eigenvalue weighted by atomic mass is 10.1. The molecule has 0 aliphatic rings. The fourth-order valence-corrected chi connectivity index (χ4v) is 2.25. The van der Waals surface area contributed by atoms with Gasteiger partial charge >= 0.3 is 0 Å². The maximum atomic E-state index is 12.3. The molecule has 2 rings (SSSR count). The van der Waals surface area contributed by atoms with Crippen LogP contribution < -0.4 is 10.6 Å². The summed E-state index contributed by atoms with van der Waals surface area (Å²) in [6, 6.07) is 11.8. The summed E-state index contributed by atoms with van der Waals surface area (Å²) in [7, 11) is 1.57. The van der Waals surface area contributed by atoms with E-state index in [4.69, 9.17) is 16.3 Å². The molecule has 0 aliphatic carbocycles. The third-order valence-electron chi connectivity index (χ3n) is 3.52. The lowest BCUT2D eigenvalue weighted by Crippen LogP contribution is -2.27. The maximum absolute atomic E-state index is 12.3. The van der Waals surface area contributed by atoms with E-state index in [9.17, 15) is 9.59 Å². The van der Waals surface area contributed by atoms with Crippen LogP contribution in [-0.2, 0) is 4.74 Å². The van der Waals surface area contributed by atoms with Crippen molar-refractivity contribution in [3.05, 3.63) is 64.2 Å². The van der Waals surface area contributed by atoms with Crippen molar-refractivity contribution >= 4 is 29.1 Å². The van der Waals surface area contributed by atoms with Crippen LogP contribution in [0.2, 0.25) is 5.02 Å². The van der Waals surface area contributed by atoms with Crippen LogP contribution in [0.1, 0.15) is 26.3 Å². The second-order valence-electron chi connectivity index (χ2n) is 5.19. The molecule has 2 N–H and O–H groups in total. The number of rotatable bonds is 6. The number of carbonyl (C=O) groups excluding carboxylic acids is 2. The number of nitrogens with one attached hydrogen (secondary N) is 2. The van der Waals surface area contributed by atoms with Crippen LogP contribution in [0, 0.1) is 6.92 Å². The van der Waals surface area contributed by atoms with Gasteiger partial charge in [-0.2, -0.15) is 0 Å². The van der Waals surface area contributed by atoms with Gasteiger partial charge in [-0.1, -0.05) is 17.7 Å². The number of anilines is 1. The van der Waals surface area contributed by atoms with E-state index in [1.165, 1.54) is 0 Å². The van der Waals surface area contributed by atoms with Gasteiger partial charge in [-0.15, -0.1) is 0 Å². The van der Waals surface area contributed by atoms with Gasteiger partial charge in [-0.3, -0.25) is 9.59 Å². The molecule has 0 fully saturated rings. The van der Waals surface area contributed by atoms with Gasteiger partial charge in [0.1, 0.15) is 0 Å². The molecule has 6 heteroatoms. The van der Waals surface area contributed by atoms with Crippen molar-refractivity contribution in [2.24, 2.45) is 0 Å². The van der Waals surface area contributed by atoms with E-state index in [2.05, 4.69) is 10.6 Å². The normalized spacial score (nSPS) is 10.3. The first-order chi connectivity index (χ1) is 11.5. The highest BCUT2D eigenvalue weighted by atomic mass is 35.5. The first-order valence-corrected chi connectivity index (χ1v) is 7.84. The second-order valence-corrected chi connectivity index (χ2v) is 5.60. The zero-order chi connectivity index (χ0) is 17.5. The molecule has 2 amide bonds. The highest BCUT2D eigenvalue weighted by molar-refractivity contribution is 6.31. The Kier molecular flexibility index (Phi) is 6.35. The van der Waals surface area contributed by atoms with Crippen LogP contribution >= 0.6 is 11.6 Å². The summed E-state index contributed by atoms with van der Waals surface area (Å²) >= 11 is 6.05. The molecule has 0 heterocycles. The Bertz CT molecular complexity index is 730. The van der Waals surface area contributed by atoms with Gasteiger partial charge in [-0.05, 0) is 48.9 Å². The molecule has 0 saturated heterocycles. The van der Waals surface area contributed by atoms with Gasteiger partial charge in [0.25, 0.3) is 11.8 Å². The fraction of sp³-hybridized carbons (Fsp3) is 0.222. The summed E-state index contributed by atoms with van der Waals surface area (Å²) in [5, 5.41) is 6.13. The number of hydrogen-bond acceptors (Lipinski definition) is 3. The van der Waals surface area contributed by atoms with Gasteiger partial charge in [0.05, 0.1) is 6.61 Å². The topological polar surface area (TPSA) is 67.4 Å². The molecule has 2 aromatic rings. The minimum absolute atomic E-state index is 0.204. The molecular weight excluding hydrogens is 328 g/mol. The Morgan fingerprint density at radius 3 is 2.29 bits per heavy atom. The molecule has 2 aromatic carbocycles. The summed E-state index contributed by atoms with van der Waals surface area (Å²) in [6.07, 6.45) is 0. The Morgan fingerprint density at radius 1 is 1.04 bits per heavy atom. The quantitative estimate of drug-likeness (QED) is 0.789. The summed E-state index contributed by atoms with van der Waals surface area (Å²) in [5.41, 5.74) is 2.42. The van der Waals surface area contributed by atoms with E-state index < -0.39 is 0 Å². The van der Waals surface area contributed by atoms with Crippen molar-refractivity contribution in [3.8, 4) is 0 Å². The number of amides is 2.